The lowest BCUT2D eigenvalue weighted by Crippen LogP contribution is -2.48. The number of amides is 1. The number of fused-ring (bicyclic) bond motifs is 2. The summed E-state index contributed by atoms with van der Waals surface area (Å²) in [5, 5.41) is 6.29. The van der Waals surface area contributed by atoms with Crippen molar-refractivity contribution in [3.05, 3.63) is 24.3 Å². The van der Waals surface area contributed by atoms with Crippen LogP contribution in [0.3, 0.4) is 0 Å². The Bertz CT molecular complexity index is 649. The van der Waals surface area contributed by atoms with Crippen LogP contribution in [-0.2, 0) is 4.79 Å². The van der Waals surface area contributed by atoms with Crippen molar-refractivity contribution in [3.8, 4) is 5.75 Å². The predicted molar refractivity (Wildman–Crippen MR) is 102 cm³/mol. The molecule has 2 aliphatic carbocycles. The van der Waals surface area contributed by atoms with E-state index in [4.69, 9.17) is 4.74 Å². The molecule has 2 fully saturated rings. The first-order valence-electron chi connectivity index (χ1n) is 9.69. The van der Waals surface area contributed by atoms with Crippen LogP contribution in [-0.4, -0.2) is 30.8 Å². The van der Waals surface area contributed by atoms with Crippen molar-refractivity contribution in [1.29, 1.82) is 0 Å². The number of benzene rings is 1. The van der Waals surface area contributed by atoms with Crippen LogP contribution in [0.2, 0.25) is 0 Å². The lowest BCUT2D eigenvalue weighted by atomic mass is 9.78. The van der Waals surface area contributed by atoms with Gasteiger partial charge in [-0.3, -0.25) is 4.79 Å². The number of ether oxygens (including phenoxy) is 1. The molecule has 26 heavy (non-hydrogen) atoms. The third-order valence-corrected chi connectivity index (χ3v) is 5.91. The molecule has 1 unspecified atom stereocenters. The number of carbonyl (C=O) groups is 1. The lowest BCUT2D eigenvalue weighted by molar-refractivity contribution is -0.124. The molecular formula is C21H31FN2O2. The van der Waals surface area contributed by atoms with Gasteiger partial charge in [0.15, 0.2) is 0 Å². The number of alkyl halides is 1. The van der Waals surface area contributed by atoms with E-state index in [1.807, 2.05) is 38.1 Å². The molecule has 2 aliphatic rings. The second-order valence-electron chi connectivity index (χ2n) is 8.59. The van der Waals surface area contributed by atoms with Gasteiger partial charge in [0.25, 0.3) is 0 Å². The number of hydrogen-bond acceptors (Lipinski definition) is 3. The zero-order valence-electron chi connectivity index (χ0n) is 16.1. The highest BCUT2D eigenvalue weighted by atomic mass is 19.1. The maximum Gasteiger partial charge on any atom is 0.245 e. The van der Waals surface area contributed by atoms with E-state index in [1.165, 1.54) is 0 Å². The number of rotatable bonds is 7. The molecule has 4 nitrogen and oxygen atoms in total. The first-order chi connectivity index (χ1) is 12.3. The summed E-state index contributed by atoms with van der Waals surface area (Å²) in [4.78, 5) is 12.6. The zero-order valence-corrected chi connectivity index (χ0v) is 16.1. The molecule has 2 saturated carbocycles. The van der Waals surface area contributed by atoms with Crippen LogP contribution < -0.4 is 15.4 Å². The number of anilines is 1. The molecule has 0 spiro atoms. The average molecular weight is 362 g/mol. The second-order valence-corrected chi connectivity index (χ2v) is 8.59. The van der Waals surface area contributed by atoms with Crippen LogP contribution in [0.25, 0.3) is 0 Å². The lowest BCUT2D eigenvalue weighted by Gasteiger charge is -2.32. The summed E-state index contributed by atoms with van der Waals surface area (Å²) in [6, 6.07) is 7.54. The number of hydrogen-bond donors (Lipinski definition) is 2. The van der Waals surface area contributed by atoms with Crippen LogP contribution >= 0.6 is 0 Å². The molecule has 0 aliphatic heterocycles. The van der Waals surface area contributed by atoms with E-state index < -0.39 is 11.2 Å². The Morgan fingerprint density at radius 3 is 2.92 bits per heavy atom. The van der Waals surface area contributed by atoms with E-state index in [-0.39, 0.29) is 5.91 Å². The predicted octanol–water partition coefficient (Wildman–Crippen LogP) is 4.31. The molecule has 144 valence electrons. The molecule has 2 bridgehead atoms. The summed E-state index contributed by atoms with van der Waals surface area (Å²) in [6.45, 7) is 4.33. The standard InChI is InChI=1S/C21H31FN2O2/c1-20(2,24-17-5-4-6-18(12-17)26-3)19(25)23-10-8-16-11-15-7-9-21(22,13-15)14-16/h4-6,12,15-16,24H,7-11,13-14H2,1-3H3,(H,23,25)/t15-,16?,21-/m0/s1. The van der Waals surface area contributed by atoms with Gasteiger partial charge in [0.1, 0.15) is 17.0 Å². The molecule has 2 N–H and O–H groups in total. The Morgan fingerprint density at radius 2 is 2.19 bits per heavy atom. The molecule has 0 radical (unpaired) electrons. The smallest absolute Gasteiger partial charge is 0.245 e. The van der Waals surface area contributed by atoms with Crippen LogP contribution in [0, 0.1) is 11.8 Å². The van der Waals surface area contributed by atoms with Crippen LogP contribution in [0.1, 0.15) is 52.4 Å². The first kappa shape index (κ1) is 19.0. The van der Waals surface area contributed by atoms with E-state index in [9.17, 15) is 9.18 Å². The maximum atomic E-state index is 14.6. The summed E-state index contributed by atoms with van der Waals surface area (Å²) in [6.07, 6.45) is 5.18. The molecule has 0 heterocycles. The Morgan fingerprint density at radius 1 is 1.38 bits per heavy atom. The highest BCUT2D eigenvalue weighted by molar-refractivity contribution is 5.88. The van der Waals surface area contributed by atoms with E-state index in [0.29, 0.717) is 24.8 Å². The van der Waals surface area contributed by atoms with Crippen LogP contribution in [0.15, 0.2) is 24.3 Å². The SMILES string of the molecule is COc1cccc(NC(C)(C)C(=O)NCCC2C[C@@H]3CC[C@@](F)(C2)C3)c1. The average Bonchev–Trinajstić information content (AvgIpc) is 2.87. The van der Waals surface area contributed by atoms with E-state index >= 15 is 0 Å². The highest BCUT2D eigenvalue weighted by Gasteiger charge is 2.45. The Hall–Kier alpha value is -1.78. The highest BCUT2D eigenvalue weighted by Crippen LogP contribution is 2.50. The van der Waals surface area contributed by atoms with Gasteiger partial charge in [0.2, 0.25) is 5.91 Å². The monoisotopic (exact) mass is 362 g/mol. The topological polar surface area (TPSA) is 50.4 Å². The van der Waals surface area contributed by atoms with Crippen molar-refractivity contribution in [2.75, 3.05) is 19.0 Å². The number of methoxy groups -OCH3 is 1. The molecular weight excluding hydrogens is 331 g/mol. The van der Waals surface area contributed by atoms with Crippen molar-refractivity contribution >= 4 is 11.6 Å². The molecule has 0 saturated heterocycles. The summed E-state index contributed by atoms with van der Waals surface area (Å²) in [5.41, 5.74) is -0.822. The van der Waals surface area contributed by atoms with Gasteiger partial charge in [-0.1, -0.05) is 6.07 Å². The minimum atomic E-state index is -0.926. The van der Waals surface area contributed by atoms with E-state index in [1.54, 1.807) is 7.11 Å². The van der Waals surface area contributed by atoms with Gasteiger partial charge in [-0.25, -0.2) is 4.39 Å². The molecule has 1 aromatic carbocycles. The Kier molecular flexibility index (Phi) is 5.44. The molecule has 0 aromatic heterocycles. The van der Waals surface area contributed by atoms with Gasteiger partial charge in [-0.05, 0) is 76.3 Å². The van der Waals surface area contributed by atoms with Crippen molar-refractivity contribution < 1.29 is 13.9 Å². The largest absolute Gasteiger partial charge is 0.497 e. The van der Waals surface area contributed by atoms with Gasteiger partial charge >= 0.3 is 0 Å². The summed E-state index contributed by atoms with van der Waals surface area (Å²) < 4.78 is 19.8. The summed E-state index contributed by atoms with van der Waals surface area (Å²) >= 11 is 0. The number of nitrogens with one attached hydrogen (secondary N) is 2. The Balaban J connectivity index is 1.47. The minimum Gasteiger partial charge on any atom is -0.497 e. The van der Waals surface area contributed by atoms with Crippen LogP contribution in [0.4, 0.5) is 10.1 Å². The summed E-state index contributed by atoms with van der Waals surface area (Å²) in [5.74, 6) is 1.66. The Labute approximate surface area is 155 Å². The number of carbonyl (C=O) groups excluding carboxylic acids is 1. The van der Waals surface area contributed by atoms with E-state index in [2.05, 4.69) is 10.6 Å². The van der Waals surface area contributed by atoms with Crippen LogP contribution in [0.5, 0.6) is 5.75 Å². The fourth-order valence-electron chi connectivity index (χ4n) is 4.59. The van der Waals surface area contributed by atoms with Gasteiger partial charge in [-0.15, -0.1) is 0 Å². The van der Waals surface area contributed by atoms with Crippen molar-refractivity contribution in [1.82, 2.24) is 5.32 Å². The van der Waals surface area contributed by atoms with Crippen molar-refractivity contribution in [2.45, 2.75) is 63.6 Å². The van der Waals surface area contributed by atoms with Crippen molar-refractivity contribution in [3.63, 3.8) is 0 Å². The zero-order chi connectivity index (χ0) is 18.8. The molecule has 5 heteroatoms. The van der Waals surface area contributed by atoms with Crippen molar-refractivity contribution in [2.24, 2.45) is 11.8 Å². The third kappa shape index (κ3) is 4.49. The fourth-order valence-corrected chi connectivity index (χ4v) is 4.59. The normalized spacial score (nSPS) is 27.8. The van der Waals surface area contributed by atoms with Gasteiger partial charge in [0, 0.05) is 18.3 Å². The fraction of sp³-hybridized carbons (Fsp3) is 0.667. The van der Waals surface area contributed by atoms with Gasteiger partial charge < -0.3 is 15.4 Å². The van der Waals surface area contributed by atoms with Gasteiger partial charge in [0.05, 0.1) is 7.11 Å². The second kappa shape index (κ2) is 7.45. The minimum absolute atomic E-state index is 0.0472. The molecule has 1 amide bonds. The molecule has 1 aromatic rings. The quantitative estimate of drug-likeness (QED) is 0.760. The number of halogens is 1. The maximum absolute atomic E-state index is 14.6. The first-order valence-corrected chi connectivity index (χ1v) is 9.69. The third-order valence-electron chi connectivity index (χ3n) is 5.91. The molecule has 3 atom stereocenters. The van der Waals surface area contributed by atoms with Gasteiger partial charge in [-0.2, -0.15) is 0 Å². The molecule has 3 rings (SSSR count). The van der Waals surface area contributed by atoms with E-state index in [0.717, 1.165) is 43.5 Å². The summed E-state index contributed by atoms with van der Waals surface area (Å²) in [7, 11) is 1.62.